The first kappa shape index (κ1) is 31.3. The number of carbonyl (C=O) groups is 2. The highest BCUT2D eigenvalue weighted by atomic mass is 32.2. The maximum atomic E-state index is 14.0. The Kier molecular flexibility index (Phi) is 10.2. The molecule has 4 rings (SSSR count). The van der Waals surface area contributed by atoms with Gasteiger partial charge in [0, 0.05) is 13.1 Å². The van der Waals surface area contributed by atoms with E-state index in [0.717, 1.165) is 21.0 Å². The standard InChI is InChI=1S/C34H37N3O5S/c1-5-35-34(39)27(4)36(23-28-11-9-10-26(3)22-28)33(38)24-37(43(40,41)32-20-14-25(2)15-21-32)29-16-18-31(19-17-29)42-30-12-7-6-8-13-30/h6-22,27H,5,23-24H2,1-4H3,(H,35,39)/t27-/m1/s1. The van der Waals surface area contributed by atoms with Gasteiger partial charge < -0.3 is 15.0 Å². The lowest BCUT2D eigenvalue weighted by atomic mass is 10.1. The van der Waals surface area contributed by atoms with Crippen molar-refractivity contribution in [2.45, 2.75) is 45.2 Å². The minimum absolute atomic E-state index is 0.0533. The summed E-state index contributed by atoms with van der Waals surface area (Å²) >= 11 is 0. The van der Waals surface area contributed by atoms with Gasteiger partial charge in [-0.15, -0.1) is 0 Å². The van der Waals surface area contributed by atoms with E-state index in [4.69, 9.17) is 4.74 Å². The smallest absolute Gasteiger partial charge is 0.264 e. The monoisotopic (exact) mass is 599 g/mol. The molecule has 8 nitrogen and oxygen atoms in total. The zero-order valence-corrected chi connectivity index (χ0v) is 25.7. The van der Waals surface area contributed by atoms with Gasteiger partial charge in [-0.05, 0) is 81.8 Å². The van der Waals surface area contributed by atoms with Crippen molar-refractivity contribution in [3.63, 3.8) is 0 Å². The summed E-state index contributed by atoms with van der Waals surface area (Å²) in [5.41, 5.74) is 3.04. The summed E-state index contributed by atoms with van der Waals surface area (Å²) in [5, 5.41) is 2.77. The molecular weight excluding hydrogens is 562 g/mol. The van der Waals surface area contributed by atoms with Gasteiger partial charge in [0.2, 0.25) is 11.8 Å². The van der Waals surface area contributed by atoms with Gasteiger partial charge in [-0.25, -0.2) is 8.42 Å². The molecule has 0 radical (unpaired) electrons. The van der Waals surface area contributed by atoms with Crippen molar-refractivity contribution in [2.75, 3.05) is 17.4 Å². The van der Waals surface area contributed by atoms with Crippen LogP contribution in [0.15, 0.2) is 108 Å². The molecule has 1 N–H and O–H groups in total. The first-order valence-electron chi connectivity index (χ1n) is 14.1. The highest BCUT2D eigenvalue weighted by Crippen LogP contribution is 2.29. The van der Waals surface area contributed by atoms with Crippen molar-refractivity contribution in [3.8, 4) is 11.5 Å². The molecule has 1 atom stereocenters. The summed E-state index contributed by atoms with van der Waals surface area (Å²) in [4.78, 5) is 28.4. The topological polar surface area (TPSA) is 96.0 Å². The summed E-state index contributed by atoms with van der Waals surface area (Å²) in [6, 6.07) is 29.1. The van der Waals surface area contributed by atoms with Crippen LogP contribution < -0.4 is 14.4 Å². The molecule has 0 saturated heterocycles. The van der Waals surface area contributed by atoms with E-state index < -0.39 is 28.5 Å². The number of hydrogen-bond donors (Lipinski definition) is 1. The summed E-state index contributed by atoms with van der Waals surface area (Å²) in [5.74, 6) is 0.319. The van der Waals surface area contributed by atoms with E-state index in [1.54, 1.807) is 50.2 Å². The second-order valence-corrected chi connectivity index (χ2v) is 12.2. The predicted octanol–water partition coefficient (Wildman–Crippen LogP) is 5.84. The molecule has 0 heterocycles. The third-order valence-corrected chi connectivity index (χ3v) is 8.73. The fraction of sp³-hybridized carbons (Fsp3) is 0.235. The number of benzene rings is 4. The van der Waals surface area contributed by atoms with E-state index in [-0.39, 0.29) is 23.0 Å². The molecule has 0 aromatic heterocycles. The zero-order valence-electron chi connectivity index (χ0n) is 24.9. The van der Waals surface area contributed by atoms with Crippen LogP contribution >= 0.6 is 0 Å². The van der Waals surface area contributed by atoms with Gasteiger partial charge in [-0.3, -0.25) is 13.9 Å². The number of hydrogen-bond acceptors (Lipinski definition) is 5. The Hall–Kier alpha value is -4.63. The number of nitrogens with one attached hydrogen (secondary N) is 1. The van der Waals surface area contributed by atoms with Gasteiger partial charge in [0.15, 0.2) is 0 Å². The molecule has 0 saturated carbocycles. The van der Waals surface area contributed by atoms with Crippen molar-refractivity contribution >= 4 is 27.5 Å². The van der Waals surface area contributed by atoms with Crippen LogP contribution in [0.3, 0.4) is 0 Å². The Morgan fingerprint density at radius 2 is 1.47 bits per heavy atom. The Labute approximate surface area is 254 Å². The summed E-state index contributed by atoms with van der Waals surface area (Å²) < 4.78 is 35.0. The third-order valence-electron chi connectivity index (χ3n) is 6.95. The Bertz CT molecular complexity index is 1640. The summed E-state index contributed by atoms with van der Waals surface area (Å²) in [6.07, 6.45) is 0. The normalized spacial score (nSPS) is 11.8. The number of likely N-dealkylation sites (N-methyl/N-ethyl adjacent to an activating group) is 1. The second-order valence-electron chi connectivity index (χ2n) is 10.3. The molecule has 0 fully saturated rings. The SMILES string of the molecule is CCNC(=O)[C@@H](C)N(Cc1cccc(C)c1)C(=O)CN(c1ccc(Oc2ccccc2)cc1)S(=O)(=O)c1ccc(C)cc1. The number of ether oxygens (including phenoxy) is 1. The van der Waals surface area contributed by atoms with Gasteiger partial charge in [0.25, 0.3) is 10.0 Å². The van der Waals surface area contributed by atoms with Crippen LogP contribution in [0.5, 0.6) is 11.5 Å². The van der Waals surface area contributed by atoms with Gasteiger partial charge in [0.05, 0.1) is 10.6 Å². The number of sulfonamides is 1. The number of anilines is 1. The number of aryl methyl sites for hydroxylation is 2. The van der Waals surface area contributed by atoms with Crippen molar-refractivity contribution in [1.29, 1.82) is 0 Å². The molecule has 224 valence electrons. The van der Waals surface area contributed by atoms with Gasteiger partial charge in [-0.1, -0.05) is 65.7 Å². The lowest BCUT2D eigenvalue weighted by Gasteiger charge is -2.32. The maximum absolute atomic E-state index is 14.0. The van der Waals surface area contributed by atoms with Gasteiger partial charge in [0.1, 0.15) is 24.1 Å². The van der Waals surface area contributed by atoms with Crippen LogP contribution in [-0.4, -0.2) is 44.3 Å². The fourth-order valence-corrected chi connectivity index (χ4v) is 6.00. The lowest BCUT2D eigenvalue weighted by molar-refractivity contribution is -0.139. The highest BCUT2D eigenvalue weighted by molar-refractivity contribution is 7.92. The van der Waals surface area contributed by atoms with Crippen LogP contribution in [0.1, 0.15) is 30.5 Å². The Morgan fingerprint density at radius 3 is 2.09 bits per heavy atom. The molecule has 0 aliphatic heterocycles. The number of amides is 2. The van der Waals surface area contributed by atoms with Crippen LogP contribution in [0.25, 0.3) is 0 Å². The van der Waals surface area contributed by atoms with E-state index in [1.807, 2.05) is 68.4 Å². The van der Waals surface area contributed by atoms with E-state index >= 15 is 0 Å². The van der Waals surface area contributed by atoms with Crippen molar-refractivity contribution in [1.82, 2.24) is 10.2 Å². The number of nitrogens with zero attached hydrogens (tertiary/aromatic N) is 2. The van der Waals surface area contributed by atoms with E-state index in [0.29, 0.717) is 18.0 Å². The molecular formula is C34H37N3O5S. The van der Waals surface area contributed by atoms with Crippen LogP contribution in [0, 0.1) is 13.8 Å². The molecule has 0 bridgehead atoms. The fourth-order valence-electron chi connectivity index (χ4n) is 4.58. The molecule has 0 spiro atoms. The second kappa shape index (κ2) is 14.0. The van der Waals surface area contributed by atoms with E-state index in [1.165, 1.54) is 17.0 Å². The summed E-state index contributed by atoms with van der Waals surface area (Å²) in [6.45, 7) is 7.30. The number of carbonyl (C=O) groups excluding carboxylic acids is 2. The predicted molar refractivity (Wildman–Crippen MR) is 169 cm³/mol. The number of rotatable bonds is 12. The average molecular weight is 600 g/mol. The molecule has 0 aliphatic carbocycles. The minimum Gasteiger partial charge on any atom is -0.457 e. The minimum atomic E-state index is -4.16. The van der Waals surface area contributed by atoms with Gasteiger partial charge in [-0.2, -0.15) is 0 Å². The maximum Gasteiger partial charge on any atom is 0.264 e. The molecule has 0 aliphatic rings. The average Bonchev–Trinajstić information content (AvgIpc) is 2.99. The molecule has 43 heavy (non-hydrogen) atoms. The molecule has 9 heteroatoms. The largest absolute Gasteiger partial charge is 0.457 e. The zero-order chi connectivity index (χ0) is 31.0. The quantitative estimate of drug-likeness (QED) is 0.221. The Morgan fingerprint density at radius 1 is 0.814 bits per heavy atom. The van der Waals surface area contributed by atoms with Crippen molar-refractivity contribution in [3.05, 3.63) is 120 Å². The van der Waals surface area contributed by atoms with E-state index in [9.17, 15) is 18.0 Å². The Balaban J connectivity index is 1.70. The third kappa shape index (κ3) is 8.02. The molecule has 4 aromatic rings. The molecule has 2 amide bonds. The first-order chi connectivity index (χ1) is 20.6. The van der Waals surface area contributed by atoms with E-state index in [2.05, 4.69) is 5.32 Å². The molecule has 0 unspecified atom stereocenters. The van der Waals surface area contributed by atoms with Crippen LogP contribution in [0.4, 0.5) is 5.69 Å². The lowest BCUT2D eigenvalue weighted by Crippen LogP contribution is -2.51. The van der Waals surface area contributed by atoms with Crippen LogP contribution in [0.2, 0.25) is 0 Å². The van der Waals surface area contributed by atoms with Gasteiger partial charge >= 0.3 is 0 Å². The van der Waals surface area contributed by atoms with Crippen LogP contribution in [-0.2, 0) is 26.2 Å². The molecule has 4 aromatic carbocycles. The highest BCUT2D eigenvalue weighted by Gasteiger charge is 2.32. The van der Waals surface area contributed by atoms with Crippen molar-refractivity contribution < 1.29 is 22.7 Å². The van der Waals surface area contributed by atoms with Crippen molar-refractivity contribution in [2.24, 2.45) is 0 Å². The summed E-state index contributed by atoms with van der Waals surface area (Å²) in [7, 11) is -4.16. The number of para-hydroxylation sites is 1. The first-order valence-corrected chi connectivity index (χ1v) is 15.6.